The van der Waals surface area contributed by atoms with E-state index in [1.807, 2.05) is 57.4 Å². The van der Waals surface area contributed by atoms with Gasteiger partial charge in [0, 0.05) is 41.8 Å². The van der Waals surface area contributed by atoms with Gasteiger partial charge in [-0.3, -0.25) is 19.4 Å². The van der Waals surface area contributed by atoms with E-state index in [0.29, 0.717) is 6.42 Å². The van der Waals surface area contributed by atoms with Crippen LogP contribution >= 0.6 is 11.3 Å². The average Bonchev–Trinajstić information content (AvgIpc) is 3.76. The maximum Gasteiger partial charge on any atom is 0.509 e. The number of esters is 1. The second-order valence-electron chi connectivity index (χ2n) is 15.4. The second kappa shape index (κ2) is 18.2. The molecule has 0 bridgehead atoms. The molecule has 3 saturated heterocycles. The van der Waals surface area contributed by atoms with Crippen molar-refractivity contribution in [1.29, 1.82) is 0 Å². The summed E-state index contributed by atoms with van der Waals surface area (Å²) in [6.45, 7) is 7.59. The molecule has 3 fully saturated rings. The van der Waals surface area contributed by atoms with Crippen LogP contribution in [0.2, 0.25) is 0 Å². The van der Waals surface area contributed by atoms with Crippen molar-refractivity contribution < 1.29 is 52.4 Å². The number of amides is 1. The van der Waals surface area contributed by atoms with E-state index in [2.05, 4.69) is 15.2 Å². The molecule has 2 aromatic heterocycles. The second-order valence-corrected chi connectivity index (χ2v) is 16.5. The van der Waals surface area contributed by atoms with Crippen LogP contribution < -0.4 is 5.32 Å². The fourth-order valence-corrected chi connectivity index (χ4v) is 8.35. The zero-order valence-electron chi connectivity index (χ0n) is 32.6. The number of aromatic nitrogens is 1. The largest absolute Gasteiger partial charge is 0.509 e. The number of ether oxygens (including phenoxy) is 6. The van der Waals surface area contributed by atoms with E-state index in [1.54, 1.807) is 33.0 Å². The number of carbonyl (C=O) groups is 5. The van der Waals surface area contributed by atoms with Crippen molar-refractivity contribution in [3.05, 3.63) is 47.5 Å². The van der Waals surface area contributed by atoms with Crippen molar-refractivity contribution in [1.82, 2.24) is 15.2 Å². The van der Waals surface area contributed by atoms with Crippen molar-refractivity contribution in [2.45, 2.75) is 102 Å². The predicted octanol–water partition coefficient (Wildman–Crippen LogP) is 5.83. The Balaban J connectivity index is 1.39. The molecular weight excluding hydrogens is 731 g/mol. The zero-order chi connectivity index (χ0) is 39.9. The van der Waals surface area contributed by atoms with Gasteiger partial charge in [0.15, 0.2) is 11.9 Å². The third-order valence-electron chi connectivity index (χ3n) is 10.7. The minimum absolute atomic E-state index is 0.0410. The van der Waals surface area contributed by atoms with Gasteiger partial charge in [-0.25, -0.2) is 9.59 Å². The van der Waals surface area contributed by atoms with Crippen LogP contribution in [-0.4, -0.2) is 109 Å². The molecule has 0 saturated carbocycles. The Morgan fingerprint density at radius 2 is 1.87 bits per heavy atom. The Kier molecular flexibility index (Phi) is 13.9. The Morgan fingerprint density at radius 1 is 1.09 bits per heavy atom. The van der Waals surface area contributed by atoms with Crippen LogP contribution in [0, 0.1) is 17.8 Å². The minimum atomic E-state index is -1.55. The molecule has 0 aromatic carbocycles. The molecule has 5 rings (SSSR count). The lowest BCUT2D eigenvalue weighted by molar-refractivity contribution is -0.225. The first-order valence-electron chi connectivity index (χ1n) is 18.8. The Morgan fingerprint density at radius 3 is 2.60 bits per heavy atom. The van der Waals surface area contributed by atoms with Gasteiger partial charge in [-0.15, -0.1) is 11.3 Å². The first-order chi connectivity index (χ1) is 26.1. The third-order valence-corrected chi connectivity index (χ3v) is 11.7. The summed E-state index contributed by atoms with van der Waals surface area (Å²) in [7, 11) is 3.97. The van der Waals surface area contributed by atoms with Crippen molar-refractivity contribution >= 4 is 47.2 Å². The van der Waals surface area contributed by atoms with Gasteiger partial charge in [-0.05, 0) is 90.5 Å². The van der Waals surface area contributed by atoms with Gasteiger partial charge in [0.2, 0.25) is 0 Å². The van der Waals surface area contributed by atoms with Gasteiger partial charge >= 0.3 is 18.2 Å². The van der Waals surface area contributed by atoms with Crippen LogP contribution in [0.4, 0.5) is 9.59 Å². The van der Waals surface area contributed by atoms with E-state index in [9.17, 15) is 24.0 Å². The van der Waals surface area contributed by atoms with E-state index in [-0.39, 0.29) is 57.0 Å². The highest BCUT2D eigenvalue weighted by molar-refractivity contribution is 7.16. The van der Waals surface area contributed by atoms with E-state index >= 15 is 0 Å². The lowest BCUT2D eigenvalue weighted by Crippen LogP contribution is -2.52. The number of nitrogens with zero attached hydrogens (tertiary/aromatic N) is 2. The molecule has 3 aliphatic rings. The fourth-order valence-electron chi connectivity index (χ4n) is 7.44. The van der Waals surface area contributed by atoms with Gasteiger partial charge in [0.05, 0.1) is 29.3 Å². The molecule has 9 atom stereocenters. The lowest BCUT2D eigenvalue weighted by Gasteiger charge is -2.40. The molecule has 15 heteroatoms. The van der Waals surface area contributed by atoms with Gasteiger partial charge < -0.3 is 38.6 Å². The molecule has 55 heavy (non-hydrogen) atoms. The molecule has 0 spiro atoms. The number of hydrogen-bond donors (Lipinski definition) is 1. The number of carbonyl (C=O) groups excluding carboxylic acids is 5. The summed E-state index contributed by atoms with van der Waals surface area (Å²) in [4.78, 5) is 75.2. The summed E-state index contributed by atoms with van der Waals surface area (Å²) in [5.74, 6) is -4.31. The van der Waals surface area contributed by atoms with Crippen LogP contribution in [0.1, 0.15) is 71.6 Å². The molecule has 5 heterocycles. The smallest absolute Gasteiger partial charge is 0.461 e. The first-order valence-corrected chi connectivity index (χ1v) is 19.6. The van der Waals surface area contributed by atoms with Gasteiger partial charge in [0.25, 0.3) is 0 Å². The minimum Gasteiger partial charge on any atom is -0.461 e. The summed E-state index contributed by atoms with van der Waals surface area (Å²) in [5, 5.41) is 2.69. The van der Waals surface area contributed by atoms with E-state index in [0.717, 1.165) is 21.9 Å². The Labute approximate surface area is 326 Å². The molecule has 14 nitrogen and oxygen atoms in total. The first kappa shape index (κ1) is 42.0. The quantitative estimate of drug-likeness (QED) is 0.183. The normalized spacial score (nSPS) is 32.3. The SMILES string of the molecule is C[C@H]1C(=O)OC[C@@]2(C)OC(=O)N[C@@H]2[C@@H](C)C(=O)CC[C@@](CO[C@H]2C[C@@H](N(C)C)C[C@@H](C)O2)(OC(=O)OC/C=C/c2ccc(-c3ccccn3)s2)C[C@@H](C)C1=O. The van der Waals surface area contributed by atoms with E-state index in [4.69, 9.17) is 28.4 Å². The number of thiophene rings is 1. The summed E-state index contributed by atoms with van der Waals surface area (Å²) in [6, 6.07) is 8.95. The average molecular weight is 784 g/mol. The molecule has 0 unspecified atom stereocenters. The topological polar surface area (TPSA) is 169 Å². The maximum absolute atomic E-state index is 13.9. The number of nitrogens with one attached hydrogen (secondary N) is 1. The highest BCUT2D eigenvalue weighted by Gasteiger charge is 2.52. The van der Waals surface area contributed by atoms with E-state index < -0.39 is 65.3 Å². The third kappa shape index (κ3) is 10.8. The van der Waals surface area contributed by atoms with Gasteiger partial charge in [0.1, 0.15) is 36.3 Å². The number of Topliss-reactive ketones (excluding diaryl/α,β-unsaturated/α-hetero) is 2. The van der Waals surface area contributed by atoms with E-state index in [1.165, 1.54) is 18.3 Å². The number of hydrogen-bond acceptors (Lipinski definition) is 14. The van der Waals surface area contributed by atoms with Crippen molar-refractivity contribution in [2.75, 3.05) is 33.9 Å². The highest BCUT2D eigenvalue weighted by atomic mass is 32.1. The molecule has 0 aliphatic carbocycles. The van der Waals surface area contributed by atoms with Crippen molar-refractivity contribution in [3.63, 3.8) is 0 Å². The summed E-state index contributed by atoms with van der Waals surface area (Å²) in [6.07, 6.45) is 3.82. The van der Waals surface area contributed by atoms with Crippen LogP contribution in [0.25, 0.3) is 16.6 Å². The summed E-state index contributed by atoms with van der Waals surface area (Å²) >= 11 is 1.54. The molecule has 0 radical (unpaired) electrons. The number of ketones is 2. The molecule has 2 aromatic rings. The highest BCUT2D eigenvalue weighted by Crippen LogP contribution is 2.36. The van der Waals surface area contributed by atoms with Gasteiger partial charge in [-0.2, -0.15) is 0 Å². The Bertz CT molecular complexity index is 1720. The Hall–Kier alpha value is -4.18. The number of pyridine rings is 1. The molecule has 1 N–H and O–H groups in total. The number of rotatable bonds is 9. The lowest BCUT2D eigenvalue weighted by atomic mass is 9.79. The predicted molar refractivity (Wildman–Crippen MR) is 203 cm³/mol. The monoisotopic (exact) mass is 783 g/mol. The van der Waals surface area contributed by atoms with Gasteiger partial charge in [-0.1, -0.05) is 19.9 Å². The molecule has 300 valence electrons. The van der Waals surface area contributed by atoms with Crippen LogP contribution in [-0.2, 0) is 42.8 Å². The van der Waals surface area contributed by atoms with Crippen LogP contribution in [0.3, 0.4) is 0 Å². The molecular formula is C40H53N3O11S. The maximum atomic E-state index is 13.9. The number of fused-ring (bicyclic) bond motifs is 1. The molecule has 3 aliphatic heterocycles. The number of cyclic esters (lactones) is 1. The van der Waals surface area contributed by atoms with Crippen LogP contribution in [0.5, 0.6) is 0 Å². The van der Waals surface area contributed by atoms with Crippen molar-refractivity contribution in [2.24, 2.45) is 17.8 Å². The fraction of sp³-hybridized carbons (Fsp3) is 0.600. The zero-order valence-corrected chi connectivity index (χ0v) is 33.4. The standard InChI is InChI=1S/C40H53N3O11S/c1-24-21-40(23-50-33-20-28(43(6)7)19-25(2)52-33,54-38(48)49-18-10-11-29-13-14-32(55-29)30-12-8-9-17-41-30)16-15-31(44)26(3)35-39(5,53-37(47)42-35)22-51-36(46)27(4)34(24)45/h8-14,17,24-28,33,35H,15-16,18-23H2,1-7H3,(H,42,47)/b11-10+/t24-,25-,26+,27-,28+,33-,35-,39-,40-/m1/s1. The molecule has 1 amide bonds. The van der Waals surface area contributed by atoms with Crippen LogP contribution in [0.15, 0.2) is 42.6 Å². The summed E-state index contributed by atoms with van der Waals surface area (Å²) < 4.78 is 35.2. The summed E-state index contributed by atoms with van der Waals surface area (Å²) in [5.41, 5.74) is -2.06. The van der Waals surface area contributed by atoms with Crippen molar-refractivity contribution in [3.8, 4) is 10.6 Å². The number of alkyl carbamates (subject to hydrolysis) is 1.